The topological polar surface area (TPSA) is 40.6 Å². The highest BCUT2D eigenvalue weighted by atomic mass is 19.4. The van der Waals surface area contributed by atoms with Crippen LogP contribution in [-0.4, -0.2) is 18.0 Å². The number of nitrogens with zero attached hydrogens (tertiary/aromatic N) is 2. The third-order valence-corrected chi connectivity index (χ3v) is 5.60. The summed E-state index contributed by atoms with van der Waals surface area (Å²) >= 11 is 0. The van der Waals surface area contributed by atoms with Crippen molar-refractivity contribution in [2.24, 2.45) is 0 Å². The fraction of sp³-hybridized carbons (Fsp3) is 0.154. The van der Waals surface area contributed by atoms with Crippen LogP contribution < -0.4 is 9.80 Å². The number of imide groups is 1. The molecule has 0 bridgehead atoms. The molecular formula is C26H18F6N2O2. The van der Waals surface area contributed by atoms with E-state index in [9.17, 15) is 35.9 Å². The van der Waals surface area contributed by atoms with Gasteiger partial charge in [0.2, 0.25) is 5.91 Å². The van der Waals surface area contributed by atoms with Crippen molar-refractivity contribution in [1.82, 2.24) is 0 Å². The summed E-state index contributed by atoms with van der Waals surface area (Å²) in [5, 5.41) is 0. The summed E-state index contributed by atoms with van der Waals surface area (Å²) in [4.78, 5) is 28.3. The van der Waals surface area contributed by atoms with Crippen LogP contribution in [0.25, 0.3) is 6.08 Å². The molecule has 4 nitrogen and oxygen atoms in total. The van der Waals surface area contributed by atoms with E-state index in [-0.39, 0.29) is 17.8 Å². The lowest BCUT2D eigenvalue weighted by Crippen LogP contribution is -2.57. The van der Waals surface area contributed by atoms with Crippen molar-refractivity contribution in [1.29, 1.82) is 0 Å². The van der Waals surface area contributed by atoms with E-state index in [2.05, 4.69) is 0 Å². The summed E-state index contributed by atoms with van der Waals surface area (Å²) in [6.07, 6.45) is -6.16. The van der Waals surface area contributed by atoms with E-state index >= 15 is 0 Å². The Hall–Kier alpha value is -4.08. The summed E-state index contributed by atoms with van der Waals surface area (Å²) in [5.41, 5.74) is -1.08. The summed E-state index contributed by atoms with van der Waals surface area (Å²) in [7, 11) is 0. The molecule has 4 rings (SSSR count). The zero-order valence-corrected chi connectivity index (χ0v) is 18.4. The molecule has 0 aromatic heterocycles. The lowest BCUT2D eigenvalue weighted by molar-refractivity contribution is -0.138. The Bertz CT molecular complexity index is 1270. The van der Waals surface area contributed by atoms with Gasteiger partial charge in [-0.2, -0.15) is 26.3 Å². The minimum atomic E-state index is -4.60. The molecule has 0 radical (unpaired) electrons. The van der Waals surface area contributed by atoms with E-state index < -0.39 is 41.5 Å². The molecule has 10 heteroatoms. The van der Waals surface area contributed by atoms with Crippen LogP contribution in [0, 0.1) is 0 Å². The quantitative estimate of drug-likeness (QED) is 0.354. The van der Waals surface area contributed by atoms with E-state index in [1.54, 1.807) is 42.5 Å². The minimum Gasteiger partial charge on any atom is -0.286 e. The van der Waals surface area contributed by atoms with Gasteiger partial charge in [0.1, 0.15) is 0 Å². The van der Waals surface area contributed by atoms with E-state index in [1.165, 1.54) is 0 Å². The molecule has 3 aromatic rings. The number of rotatable bonds is 4. The molecule has 1 heterocycles. The first kappa shape index (κ1) is 25.0. The van der Waals surface area contributed by atoms with E-state index in [0.29, 0.717) is 0 Å². The van der Waals surface area contributed by atoms with Crippen LogP contribution in [0.4, 0.5) is 42.5 Å². The first-order chi connectivity index (χ1) is 16.9. The number of urea groups is 1. The average molecular weight is 504 g/mol. The standard InChI is InChI=1S/C26H18F6N2O2/c27-25(28,29)18-7-12-20(13-8-18)33-22(11-6-17-4-2-1-3-5-17)16-23(35)34(24(33)36)21-14-9-19(10-15-21)26(30,31)32/h1-15,22H,16H2/b11-6+. The average Bonchev–Trinajstić information content (AvgIpc) is 2.82. The second-order valence-electron chi connectivity index (χ2n) is 8.01. The predicted molar refractivity (Wildman–Crippen MR) is 122 cm³/mol. The van der Waals surface area contributed by atoms with Crippen LogP contribution in [0.3, 0.4) is 0 Å². The lowest BCUT2D eigenvalue weighted by atomic mass is 10.0. The second-order valence-corrected chi connectivity index (χ2v) is 8.01. The first-order valence-corrected chi connectivity index (χ1v) is 10.7. The fourth-order valence-corrected chi connectivity index (χ4v) is 3.83. The van der Waals surface area contributed by atoms with Crippen molar-refractivity contribution in [3.63, 3.8) is 0 Å². The molecule has 1 unspecified atom stereocenters. The van der Waals surface area contributed by atoms with Gasteiger partial charge in [-0.15, -0.1) is 0 Å². The molecule has 36 heavy (non-hydrogen) atoms. The molecule has 3 amide bonds. The Balaban J connectivity index is 1.72. The molecule has 0 spiro atoms. The molecule has 1 fully saturated rings. The van der Waals surface area contributed by atoms with Gasteiger partial charge >= 0.3 is 18.4 Å². The molecule has 186 valence electrons. The lowest BCUT2D eigenvalue weighted by Gasteiger charge is -2.39. The normalized spacial score (nSPS) is 17.2. The monoisotopic (exact) mass is 504 g/mol. The van der Waals surface area contributed by atoms with Gasteiger partial charge < -0.3 is 0 Å². The van der Waals surface area contributed by atoms with Crippen molar-refractivity contribution < 1.29 is 35.9 Å². The van der Waals surface area contributed by atoms with Gasteiger partial charge in [0.25, 0.3) is 0 Å². The van der Waals surface area contributed by atoms with E-state index in [4.69, 9.17) is 0 Å². The summed E-state index contributed by atoms with van der Waals surface area (Å²) < 4.78 is 78.0. The number of hydrogen-bond donors (Lipinski definition) is 0. The van der Waals surface area contributed by atoms with Crippen LogP contribution in [-0.2, 0) is 17.1 Å². The van der Waals surface area contributed by atoms with Crippen LogP contribution in [0.5, 0.6) is 0 Å². The maximum atomic E-state index is 13.5. The molecule has 0 saturated carbocycles. The number of carbonyl (C=O) groups excluding carboxylic acids is 2. The van der Waals surface area contributed by atoms with Gasteiger partial charge in [-0.3, -0.25) is 9.69 Å². The fourth-order valence-electron chi connectivity index (χ4n) is 3.83. The largest absolute Gasteiger partial charge is 0.416 e. The zero-order valence-electron chi connectivity index (χ0n) is 18.4. The Labute approximate surface area is 202 Å². The Morgan fingerprint density at radius 2 is 1.19 bits per heavy atom. The SMILES string of the molecule is O=C1CC(/C=C/c2ccccc2)N(c2ccc(C(F)(F)F)cc2)C(=O)N1c1ccc(C(F)(F)F)cc1. The minimum absolute atomic E-state index is 0.0830. The highest BCUT2D eigenvalue weighted by molar-refractivity contribution is 6.22. The maximum absolute atomic E-state index is 13.5. The van der Waals surface area contributed by atoms with Gasteiger partial charge in [-0.05, 0) is 54.1 Å². The van der Waals surface area contributed by atoms with E-state index in [0.717, 1.165) is 63.9 Å². The highest BCUT2D eigenvalue weighted by Gasteiger charge is 2.40. The molecule has 3 aromatic carbocycles. The molecule has 1 atom stereocenters. The third-order valence-electron chi connectivity index (χ3n) is 5.60. The molecule has 0 N–H and O–H groups in total. The molecule has 1 aliphatic rings. The number of carbonyl (C=O) groups is 2. The van der Waals surface area contributed by atoms with Gasteiger partial charge in [0.05, 0.1) is 29.3 Å². The Morgan fingerprint density at radius 1 is 0.694 bits per heavy atom. The van der Waals surface area contributed by atoms with Crippen LogP contribution in [0.1, 0.15) is 23.1 Å². The zero-order chi connectivity index (χ0) is 26.1. The third kappa shape index (κ3) is 5.27. The van der Waals surface area contributed by atoms with Crippen molar-refractivity contribution in [3.8, 4) is 0 Å². The summed E-state index contributed by atoms with van der Waals surface area (Å²) in [6, 6.07) is 14.6. The van der Waals surface area contributed by atoms with Crippen molar-refractivity contribution in [3.05, 3.63) is 102 Å². The van der Waals surface area contributed by atoms with E-state index in [1.807, 2.05) is 0 Å². The molecule has 1 saturated heterocycles. The van der Waals surface area contributed by atoms with Crippen LogP contribution in [0.2, 0.25) is 0 Å². The number of alkyl halides is 6. The van der Waals surface area contributed by atoms with Crippen molar-refractivity contribution >= 4 is 29.4 Å². The summed E-state index contributed by atoms with van der Waals surface area (Å²) in [5.74, 6) is -0.661. The highest BCUT2D eigenvalue weighted by Crippen LogP contribution is 2.35. The second kappa shape index (κ2) is 9.52. The Kier molecular flexibility index (Phi) is 6.62. The number of hydrogen-bond acceptors (Lipinski definition) is 2. The van der Waals surface area contributed by atoms with Gasteiger partial charge in [-0.25, -0.2) is 9.69 Å². The van der Waals surface area contributed by atoms with Crippen LogP contribution >= 0.6 is 0 Å². The van der Waals surface area contributed by atoms with Crippen molar-refractivity contribution in [2.75, 3.05) is 9.80 Å². The van der Waals surface area contributed by atoms with Crippen LogP contribution in [0.15, 0.2) is 84.9 Å². The van der Waals surface area contributed by atoms with Gasteiger partial charge in [-0.1, -0.05) is 42.5 Å². The van der Waals surface area contributed by atoms with Crippen molar-refractivity contribution in [2.45, 2.75) is 24.8 Å². The first-order valence-electron chi connectivity index (χ1n) is 10.7. The Morgan fingerprint density at radius 3 is 1.69 bits per heavy atom. The predicted octanol–water partition coefficient (Wildman–Crippen LogP) is 7.17. The number of amides is 3. The molecular weight excluding hydrogens is 486 g/mol. The summed E-state index contributed by atoms with van der Waals surface area (Å²) in [6.45, 7) is 0. The number of anilines is 2. The number of halogens is 6. The number of benzene rings is 3. The molecule has 1 aliphatic heterocycles. The van der Waals surface area contributed by atoms with Gasteiger partial charge in [0, 0.05) is 5.69 Å². The molecule has 0 aliphatic carbocycles. The maximum Gasteiger partial charge on any atom is 0.416 e. The smallest absolute Gasteiger partial charge is 0.286 e. The van der Waals surface area contributed by atoms with Gasteiger partial charge in [0.15, 0.2) is 0 Å².